The summed E-state index contributed by atoms with van der Waals surface area (Å²) in [5.41, 5.74) is 2.27. The van der Waals surface area contributed by atoms with Gasteiger partial charge >= 0.3 is 0 Å². The minimum Gasteiger partial charge on any atom is -0.507 e. The summed E-state index contributed by atoms with van der Waals surface area (Å²) in [5.74, 6) is -0.0381. The van der Waals surface area contributed by atoms with Crippen molar-refractivity contribution < 1.29 is 9.90 Å². The number of ketones is 1. The van der Waals surface area contributed by atoms with Crippen molar-refractivity contribution >= 4 is 25.0 Å². The maximum absolute atomic E-state index is 12.8. The van der Waals surface area contributed by atoms with Crippen molar-refractivity contribution in [1.82, 2.24) is 4.90 Å². The van der Waals surface area contributed by atoms with Crippen LogP contribution < -0.4 is 10.6 Å². The minimum absolute atomic E-state index is 0.104. The summed E-state index contributed by atoms with van der Waals surface area (Å²) >= 11 is 0. The third-order valence-corrected chi connectivity index (χ3v) is 6.88. The first-order valence-electron chi connectivity index (χ1n) is 10.2. The van der Waals surface area contributed by atoms with E-state index in [0.29, 0.717) is 19.7 Å². The third-order valence-electron chi connectivity index (χ3n) is 5.45. The molecular formula is C25H26NO2P. The van der Waals surface area contributed by atoms with Gasteiger partial charge in [0, 0.05) is 17.4 Å². The molecule has 3 nitrogen and oxygen atoms in total. The SMILES string of the molecule is O=C(c1ccccc1)c1cccc(Pc2ccccc2CN2CCCCC2)c1O. The number of rotatable bonds is 6. The molecule has 1 fully saturated rings. The average molecular weight is 403 g/mol. The van der Waals surface area contributed by atoms with Gasteiger partial charge in [0.2, 0.25) is 0 Å². The molecule has 0 aromatic heterocycles. The molecule has 0 saturated carbocycles. The number of benzene rings is 3. The predicted molar refractivity (Wildman–Crippen MR) is 121 cm³/mol. The number of nitrogens with zero attached hydrogens (tertiary/aromatic N) is 1. The number of hydrogen-bond donors (Lipinski definition) is 1. The molecule has 1 N–H and O–H groups in total. The summed E-state index contributed by atoms with van der Waals surface area (Å²) in [6.07, 6.45) is 3.87. The standard InChI is InChI=1S/C25H26NO2P/c27-24(19-10-3-1-4-11-19)21-13-9-15-23(25(21)28)29-22-14-6-5-12-20(22)18-26-16-7-2-8-17-26/h1,3-6,9-15,28-29H,2,7-8,16-18H2. The van der Waals surface area contributed by atoms with Crippen molar-refractivity contribution in [3.63, 3.8) is 0 Å². The molecule has 29 heavy (non-hydrogen) atoms. The van der Waals surface area contributed by atoms with E-state index >= 15 is 0 Å². The highest BCUT2D eigenvalue weighted by Gasteiger charge is 2.17. The fourth-order valence-electron chi connectivity index (χ4n) is 3.86. The summed E-state index contributed by atoms with van der Waals surface area (Å²) in [6, 6.07) is 23.1. The highest BCUT2D eigenvalue weighted by Crippen LogP contribution is 2.26. The smallest absolute Gasteiger partial charge is 0.196 e. The summed E-state index contributed by atoms with van der Waals surface area (Å²) in [6.45, 7) is 3.26. The largest absolute Gasteiger partial charge is 0.507 e. The lowest BCUT2D eigenvalue weighted by molar-refractivity contribution is 0.103. The zero-order chi connectivity index (χ0) is 20.1. The second-order valence-corrected chi connectivity index (χ2v) is 8.84. The van der Waals surface area contributed by atoms with Gasteiger partial charge in [0.25, 0.3) is 0 Å². The molecule has 4 heteroatoms. The Morgan fingerprint density at radius 2 is 1.52 bits per heavy atom. The Morgan fingerprint density at radius 1 is 0.828 bits per heavy atom. The van der Waals surface area contributed by atoms with Crippen LogP contribution in [0.15, 0.2) is 72.8 Å². The van der Waals surface area contributed by atoms with Crippen LogP contribution in [-0.2, 0) is 6.54 Å². The van der Waals surface area contributed by atoms with Crippen molar-refractivity contribution in [2.24, 2.45) is 0 Å². The van der Waals surface area contributed by atoms with Gasteiger partial charge in [-0.25, -0.2) is 0 Å². The second kappa shape index (κ2) is 9.35. The summed E-state index contributed by atoms with van der Waals surface area (Å²) in [5, 5.41) is 12.9. The maximum Gasteiger partial charge on any atom is 0.196 e. The predicted octanol–water partition coefficient (Wildman–Crippen LogP) is 4.24. The molecule has 1 aliphatic heterocycles. The van der Waals surface area contributed by atoms with E-state index in [9.17, 15) is 9.90 Å². The van der Waals surface area contributed by atoms with Crippen molar-refractivity contribution in [3.8, 4) is 5.75 Å². The Kier molecular flexibility index (Phi) is 6.39. The molecule has 0 bridgehead atoms. The van der Waals surface area contributed by atoms with Crippen LogP contribution in [0, 0.1) is 0 Å². The van der Waals surface area contributed by atoms with Crippen LogP contribution in [0.2, 0.25) is 0 Å². The highest BCUT2D eigenvalue weighted by molar-refractivity contribution is 7.55. The van der Waals surface area contributed by atoms with E-state index in [0.717, 1.165) is 24.9 Å². The third kappa shape index (κ3) is 4.75. The van der Waals surface area contributed by atoms with Crippen LogP contribution in [0.3, 0.4) is 0 Å². The lowest BCUT2D eigenvalue weighted by Gasteiger charge is -2.27. The van der Waals surface area contributed by atoms with Gasteiger partial charge in [-0.05, 0) is 42.9 Å². The molecule has 0 amide bonds. The Morgan fingerprint density at radius 3 is 2.31 bits per heavy atom. The Bertz CT molecular complexity index is 981. The van der Waals surface area contributed by atoms with E-state index in [1.165, 1.54) is 30.1 Å². The van der Waals surface area contributed by atoms with Crippen LogP contribution in [0.25, 0.3) is 0 Å². The Hall–Kier alpha value is -2.48. The van der Waals surface area contributed by atoms with Crippen molar-refractivity contribution in [1.29, 1.82) is 0 Å². The van der Waals surface area contributed by atoms with Crippen LogP contribution in [0.4, 0.5) is 0 Å². The first-order valence-corrected chi connectivity index (χ1v) is 11.2. The molecular weight excluding hydrogens is 377 g/mol. The van der Waals surface area contributed by atoms with Crippen LogP contribution in [-0.4, -0.2) is 28.9 Å². The van der Waals surface area contributed by atoms with Gasteiger partial charge in [-0.3, -0.25) is 9.69 Å². The molecule has 1 saturated heterocycles. The fraction of sp³-hybridized carbons (Fsp3) is 0.240. The number of phenols is 1. The van der Waals surface area contributed by atoms with Gasteiger partial charge in [0.15, 0.2) is 5.78 Å². The highest BCUT2D eigenvalue weighted by atomic mass is 31.1. The molecule has 3 aromatic carbocycles. The lowest BCUT2D eigenvalue weighted by Crippen LogP contribution is -2.30. The minimum atomic E-state index is -0.142. The number of hydrogen-bond acceptors (Lipinski definition) is 3. The van der Waals surface area contributed by atoms with E-state index in [4.69, 9.17) is 0 Å². The number of carbonyl (C=O) groups is 1. The van der Waals surface area contributed by atoms with Crippen LogP contribution in [0.1, 0.15) is 40.7 Å². The van der Waals surface area contributed by atoms with Gasteiger partial charge in [-0.1, -0.05) is 81.7 Å². The number of piperidine rings is 1. The quantitative estimate of drug-likeness (QED) is 0.494. The summed E-state index contributed by atoms with van der Waals surface area (Å²) < 4.78 is 0. The van der Waals surface area contributed by atoms with Crippen molar-refractivity contribution in [2.75, 3.05) is 13.1 Å². The average Bonchev–Trinajstić information content (AvgIpc) is 2.77. The van der Waals surface area contributed by atoms with E-state index < -0.39 is 0 Å². The molecule has 0 spiro atoms. The maximum atomic E-state index is 12.8. The lowest BCUT2D eigenvalue weighted by atomic mass is 10.0. The fourth-order valence-corrected chi connectivity index (χ4v) is 5.08. The Balaban J connectivity index is 1.58. The molecule has 1 aliphatic rings. The first-order chi connectivity index (χ1) is 14.2. The van der Waals surface area contributed by atoms with E-state index in [-0.39, 0.29) is 11.5 Å². The topological polar surface area (TPSA) is 40.5 Å². The molecule has 3 aromatic rings. The van der Waals surface area contributed by atoms with Gasteiger partial charge in [-0.15, -0.1) is 0 Å². The number of likely N-dealkylation sites (tertiary alicyclic amines) is 1. The van der Waals surface area contributed by atoms with Gasteiger partial charge in [-0.2, -0.15) is 0 Å². The first kappa shape index (κ1) is 19.8. The van der Waals surface area contributed by atoms with Gasteiger partial charge in [0.1, 0.15) is 5.75 Å². The number of phenolic OH excluding ortho intramolecular Hbond substituents is 1. The monoisotopic (exact) mass is 403 g/mol. The van der Waals surface area contributed by atoms with Crippen LogP contribution in [0.5, 0.6) is 5.75 Å². The number of para-hydroxylation sites is 1. The zero-order valence-electron chi connectivity index (χ0n) is 16.5. The number of carbonyl (C=O) groups excluding carboxylic acids is 1. The molecule has 1 unspecified atom stereocenters. The molecule has 0 radical (unpaired) electrons. The van der Waals surface area contributed by atoms with Crippen molar-refractivity contribution in [3.05, 3.63) is 89.5 Å². The molecule has 148 valence electrons. The molecule has 1 atom stereocenters. The summed E-state index contributed by atoms with van der Waals surface area (Å²) in [4.78, 5) is 15.4. The van der Waals surface area contributed by atoms with E-state index in [1.807, 2.05) is 30.3 Å². The van der Waals surface area contributed by atoms with Crippen LogP contribution >= 0.6 is 8.58 Å². The summed E-state index contributed by atoms with van der Waals surface area (Å²) in [7, 11) is 0.313. The zero-order valence-corrected chi connectivity index (χ0v) is 17.5. The van der Waals surface area contributed by atoms with E-state index in [1.54, 1.807) is 18.2 Å². The normalized spacial score (nSPS) is 15.0. The van der Waals surface area contributed by atoms with Crippen molar-refractivity contribution in [2.45, 2.75) is 25.8 Å². The second-order valence-electron chi connectivity index (χ2n) is 7.52. The van der Waals surface area contributed by atoms with E-state index in [2.05, 4.69) is 29.2 Å². The van der Waals surface area contributed by atoms with Gasteiger partial charge in [0.05, 0.1) is 5.56 Å². The molecule has 4 rings (SSSR count). The van der Waals surface area contributed by atoms with Gasteiger partial charge < -0.3 is 5.11 Å². The molecule has 1 heterocycles. The molecule has 0 aliphatic carbocycles. The number of aromatic hydroxyl groups is 1. The Labute approximate surface area is 174 Å².